The summed E-state index contributed by atoms with van der Waals surface area (Å²) < 4.78 is 85.5. The summed E-state index contributed by atoms with van der Waals surface area (Å²) in [4.78, 5) is 43.0. The number of carbonyl (C=O) groups is 4. The summed E-state index contributed by atoms with van der Waals surface area (Å²) in [6, 6.07) is 0. The maximum absolute atomic E-state index is 11.9. The SMILES string of the molecule is O=C(NC(=O)C(F)(F)F)OC[C@H]1CC[C@@H](COC(=O)NC(=O)C(F)(F)F)O1. The summed E-state index contributed by atoms with van der Waals surface area (Å²) in [6.45, 7) is -1.04. The number of ether oxygens (including phenoxy) is 3. The number of halogens is 6. The molecule has 1 saturated heterocycles. The Bertz CT molecular complexity index is 542. The Labute approximate surface area is 146 Å². The van der Waals surface area contributed by atoms with E-state index in [1.165, 1.54) is 0 Å². The van der Waals surface area contributed by atoms with Gasteiger partial charge >= 0.3 is 36.4 Å². The molecule has 0 aromatic carbocycles. The minimum Gasteiger partial charge on any atom is -0.446 e. The topological polar surface area (TPSA) is 120 Å². The number of hydrogen-bond donors (Lipinski definition) is 2. The van der Waals surface area contributed by atoms with Crippen molar-refractivity contribution in [3.8, 4) is 0 Å². The molecule has 0 bridgehead atoms. The molecule has 2 atom stereocenters. The van der Waals surface area contributed by atoms with Crippen LogP contribution in [0.1, 0.15) is 12.8 Å². The van der Waals surface area contributed by atoms with E-state index >= 15 is 0 Å². The zero-order chi connectivity index (χ0) is 20.8. The molecular weight excluding hydrogens is 398 g/mol. The molecule has 0 saturated carbocycles. The highest BCUT2D eigenvalue weighted by Crippen LogP contribution is 2.21. The lowest BCUT2D eigenvalue weighted by Crippen LogP contribution is -2.41. The van der Waals surface area contributed by atoms with Crippen LogP contribution >= 0.6 is 0 Å². The van der Waals surface area contributed by atoms with Crippen LogP contribution < -0.4 is 10.6 Å². The summed E-state index contributed by atoms with van der Waals surface area (Å²) in [6.07, 6.45) is -15.0. The predicted molar refractivity (Wildman–Crippen MR) is 69.0 cm³/mol. The Morgan fingerprint density at radius 3 is 1.41 bits per heavy atom. The summed E-state index contributed by atoms with van der Waals surface area (Å²) in [7, 11) is 0. The van der Waals surface area contributed by atoms with Gasteiger partial charge in [0.25, 0.3) is 0 Å². The highest BCUT2D eigenvalue weighted by atomic mass is 19.4. The van der Waals surface area contributed by atoms with E-state index in [4.69, 9.17) is 4.74 Å². The van der Waals surface area contributed by atoms with Crippen LogP contribution in [0.2, 0.25) is 0 Å². The Hall–Kier alpha value is -2.58. The first-order valence-electron chi connectivity index (χ1n) is 7.04. The van der Waals surface area contributed by atoms with Crippen molar-refractivity contribution in [3.05, 3.63) is 0 Å². The van der Waals surface area contributed by atoms with Gasteiger partial charge in [-0.05, 0) is 12.8 Å². The van der Waals surface area contributed by atoms with Crippen molar-refractivity contribution in [2.75, 3.05) is 13.2 Å². The summed E-state index contributed by atoms with van der Waals surface area (Å²) in [5, 5.41) is 1.89. The Balaban J connectivity index is 2.26. The van der Waals surface area contributed by atoms with E-state index in [1.54, 1.807) is 0 Å². The molecule has 154 valence electrons. The lowest BCUT2D eigenvalue weighted by atomic mass is 10.2. The maximum Gasteiger partial charge on any atom is 0.471 e. The molecule has 1 aliphatic heterocycles. The van der Waals surface area contributed by atoms with Gasteiger partial charge in [-0.15, -0.1) is 0 Å². The van der Waals surface area contributed by atoms with Gasteiger partial charge in [-0.2, -0.15) is 26.3 Å². The van der Waals surface area contributed by atoms with Crippen LogP contribution in [0, 0.1) is 0 Å². The summed E-state index contributed by atoms with van der Waals surface area (Å²) >= 11 is 0. The lowest BCUT2D eigenvalue weighted by molar-refractivity contribution is -0.172. The molecule has 0 radical (unpaired) electrons. The number of nitrogens with one attached hydrogen (secondary N) is 2. The number of hydrogen-bond acceptors (Lipinski definition) is 7. The van der Waals surface area contributed by atoms with Crippen molar-refractivity contribution in [1.82, 2.24) is 10.6 Å². The van der Waals surface area contributed by atoms with E-state index < -0.39 is 61.8 Å². The fourth-order valence-electron chi connectivity index (χ4n) is 1.76. The molecule has 15 heteroatoms. The van der Waals surface area contributed by atoms with Crippen molar-refractivity contribution >= 4 is 24.0 Å². The van der Waals surface area contributed by atoms with Crippen LogP contribution in [0.4, 0.5) is 35.9 Å². The molecule has 2 N–H and O–H groups in total. The molecule has 27 heavy (non-hydrogen) atoms. The van der Waals surface area contributed by atoms with Crippen LogP contribution in [0.15, 0.2) is 0 Å². The first-order valence-corrected chi connectivity index (χ1v) is 7.04. The fraction of sp³-hybridized carbons (Fsp3) is 0.667. The third-order valence-corrected chi connectivity index (χ3v) is 2.94. The molecule has 1 fully saturated rings. The molecule has 9 nitrogen and oxygen atoms in total. The number of rotatable bonds is 4. The minimum atomic E-state index is -5.26. The zero-order valence-corrected chi connectivity index (χ0v) is 13.1. The average Bonchev–Trinajstić information content (AvgIpc) is 2.97. The van der Waals surface area contributed by atoms with E-state index in [-0.39, 0.29) is 12.8 Å². The molecule has 0 aliphatic carbocycles. The van der Waals surface area contributed by atoms with Crippen molar-refractivity contribution in [1.29, 1.82) is 0 Å². The van der Waals surface area contributed by atoms with Crippen LogP contribution in [-0.4, -0.2) is 61.8 Å². The van der Waals surface area contributed by atoms with E-state index in [0.717, 1.165) is 10.6 Å². The largest absolute Gasteiger partial charge is 0.471 e. The van der Waals surface area contributed by atoms with E-state index in [1.807, 2.05) is 0 Å². The molecule has 1 heterocycles. The maximum atomic E-state index is 11.9. The average molecular weight is 410 g/mol. The normalized spacial score (nSPS) is 19.9. The molecule has 4 amide bonds. The minimum absolute atomic E-state index is 0.220. The molecule has 0 spiro atoms. The molecular formula is C12H12F6N2O7. The molecule has 0 unspecified atom stereocenters. The van der Waals surface area contributed by atoms with Gasteiger partial charge in [0, 0.05) is 0 Å². The lowest BCUT2D eigenvalue weighted by Gasteiger charge is -2.15. The molecule has 0 aromatic rings. The number of imide groups is 2. The first-order chi connectivity index (χ1) is 12.3. The highest BCUT2D eigenvalue weighted by molar-refractivity contribution is 5.95. The van der Waals surface area contributed by atoms with Gasteiger partial charge in [-0.25, -0.2) is 9.59 Å². The number of amides is 4. The van der Waals surface area contributed by atoms with Gasteiger partial charge in [-0.3, -0.25) is 20.2 Å². The van der Waals surface area contributed by atoms with Crippen LogP contribution in [0.3, 0.4) is 0 Å². The van der Waals surface area contributed by atoms with Crippen LogP contribution in [-0.2, 0) is 23.8 Å². The Morgan fingerprint density at radius 1 is 0.778 bits per heavy atom. The van der Waals surface area contributed by atoms with Crippen LogP contribution in [0.25, 0.3) is 0 Å². The second-order valence-corrected chi connectivity index (χ2v) is 5.06. The molecule has 0 aromatic heterocycles. The van der Waals surface area contributed by atoms with Gasteiger partial charge < -0.3 is 14.2 Å². The van der Waals surface area contributed by atoms with Gasteiger partial charge in [0.05, 0.1) is 12.2 Å². The molecule has 1 rings (SSSR count). The van der Waals surface area contributed by atoms with Gasteiger partial charge in [0.1, 0.15) is 13.2 Å². The first kappa shape index (κ1) is 22.5. The second-order valence-electron chi connectivity index (χ2n) is 5.06. The third kappa shape index (κ3) is 8.10. The molecule has 1 aliphatic rings. The standard InChI is InChI=1S/C12H12F6N2O7/c13-11(14,15)7(21)19-9(23)25-3-5-1-2-6(27-5)4-26-10(24)20-8(22)12(16,17)18/h5-6H,1-4H2,(H,19,21,23)(H,20,22,24)/t5-,6+. The monoisotopic (exact) mass is 410 g/mol. The smallest absolute Gasteiger partial charge is 0.446 e. The van der Waals surface area contributed by atoms with Crippen molar-refractivity contribution < 1.29 is 59.7 Å². The van der Waals surface area contributed by atoms with Gasteiger partial charge in [0.15, 0.2) is 0 Å². The number of alkyl halides is 6. The van der Waals surface area contributed by atoms with Crippen molar-refractivity contribution in [2.45, 2.75) is 37.4 Å². The number of alkyl carbamates (subject to hydrolysis) is 2. The quantitative estimate of drug-likeness (QED) is 0.668. The second kappa shape index (κ2) is 8.88. The third-order valence-electron chi connectivity index (χ3n) is 2.94. The van der Waals surface area contributed by atoms with Gasteiger partial charge in [0.2, 0.25) is 0 Å². The van der Waals surface area contributed by atoms with E-state index in [9.17, 15) is 45.5 Å². The predicted octanol–water partition coefficient (Wildman–Crippen LogP) is 1.16. The van der Waals surface area contributed by atoms with Gasteiger partial charge in [-0.1, -0.05) is 0 Å². The fourth-order valence-corrected chi connectivity index (χ4v) is 1.76. The summed E-state index contributed by atoms with van der Waals surface area (Å²) in [5.74, 6) is -5.02. The Morgan fingerprint density at radius 2 is 1.11 bits per heavy atom. The highest BCUT2D eigenvalue weighted by Gasteiger charge is 2.41. The number of carbonyl (C=O) groups excluding carboxylic acids is 4. The van der Waals surface area contributed by atoms with Crippen molar-refractivity contribution in [3.63, 3.8) is 0 Å². The van der Waals surface area contributed by atoms with Crippen LogP contribution in [0.5, 0.6) is 0 Å². The van der Waals surface area contributed by atoms with E-state index in [2.05, 4.69) is 9.47 Å². The Kier molecular flexibility index (Phi) is 7.38. The van der Waals surface area contributed by atoms with E-state index in [0.29, 0.717) is 0 Å². The van der Waals surface area contributed by atoms with Crippen molar-refractivity contribution in [2.24, 2.45) is 0 Å². The zero-order valence-electron chi connectivity index (χ0n) is 13.1. The summed E-state index contributed by atoms with van der Waals surface area (Å²) in [5.41, 5.74) is 0.